The Hall–Kier alpha value is -3.49. The first kappa shape index (κ1) is 21.8. The molecule has 9 heteroatoms. The molecule has 0 heterocycles. The number of allylic oxidation sites excluding steroid dienone is 1. The van der Waals surface area contributed by atoms with Gasteiger partial charge in [-0.1, -0.05) is 12.1 Å². The molecule has 2 N–H and O–H groups in total. The zero-order valence-electron chi connectivity index (χ0n) is 15.6. The fourth-order valence-electron chi connectivity index (χ4n) is 2.31. The number of halogens is 3. The molecule has 2 aromatic carbocycles. The van der Waals surface area contributed by atoms with E-state index in [2.05, 4.69) is 11.9 Å². The van der Waals surface area contributed by atoms with E-state index in [-0.39, 0.29) is 0 Å². The van der Waals surface area contributed by atoms with Gasteiger partial charge in [0.15, 0.2) is 35.6 Å². The SMILES string of the molecule is C=CCc1ccc(OCC(=O)NCC(=O)Nc2ccc(F)c(F)c2F)c(OC)c1. The third-order valence-electron chi connectivity index (χ3n) is 3.72. The standard InChI is InChI=1S/C20H19F3N2O4/c1-3-4-12-5-8-15(16(9-12)28-2)29-11-18(27)24-10-17(26)25-14-7-6-13(21)19(22)20(14)23/h3,5-9H,1,4,10-11H2,2H3,(H,24,27)(H,25,26). The summed E-state index contributed by atoms with van der Waals surface area (Å²) in [4.78, 5) is 23.6. The Morgan fingerprint density at radius 3 is 2.52 bits per heavy atom. The number of carbonyl (C=O) groups excluding carboxylic acids is 2. The molecular weight excluding hydrogens is 389 g/mol. The number of rotatable bonds is 9. The highest BCUT2D eigenvalue weighted by Gasteiger charge is 2.16. The molecule has 0 aliphatic heterocycles. The highest BCUT2D eigenvalue weighted by Crippen LogP contribution is 2.28. The van der Waals surface area contributed by atoms with Crippen molar-refractivity contribution in [1.82, 2.24) is 5.32 Å². The maximum absolute atomic E-state index is 13.5. The van der Waals surface area contributed by atoms with Crippen molar-refractivity contribution in [2.24, 2.45) is 0 Å². The molecule has 0 spiro atoms. The number of benzene rings is 2. The van der Waals surface area contributed by atoms with Gasteiger partial charge in [-0.3, -0.25) is 9.59 Å². The molecule has 2 aromatic rings. The molecular formula is C20H19F3N2O4. The van der Waals surface area contributed by atoms with Crippen LogP contribution in [0.1, 0.15) is 5.56 Å². The average Bonchev–Trinajstić information content (AvgIpc) is 2.71. The van der Waals surface area contributed by atoms with Crippen LogP contribution in [-0.4, -0.2) is 32.1 Å². The van der Waals surface area contributed by atoms with Gasteiger partial charge in [-0.05, 0) is 36.2 Å². The van der Waals surface area contributed by atoms with Crippen LogP contribution in [0.4, 0.5) is 18.9 Å². The lowest BCUT2D eigenvalue weighted by molar-refractivity contribution is -0.125. The molecule has 2 rings (SSSR count). The van der Waals surface area contributed by atoms with Crippen molar-refractivity contribution < 1.29 is 32.2 Å². The lowest BCUT2D eigenvalue weighted by atomic mass is 10.1. The van der Waals surface area contributed by atoms with E-state index in [0.717, 1.165) is 11.6 Å². The van der Waals surface area contributed by atoms with Crippen LogP contribution >= 0.6 is 0 Å². The first-order valence-corrected chi connectivity index (χ1v) is 8.46. The van der Waals surface area contributed by atoms with Crippen molar-refractivity contribution >= 4 is 17.5 Å². The first-order valence-electron chi connectivity index (χ1n) is 8.46. The Labute approximate surface area is 165 Å². The number of nitrogens with one attached hydrogen (secondary N) is 2. The Balaban J connectivity index is 1.85. The quantitative estimate of drug-likeness (QED) is 0.494. The van der Waals surface area contributed by atoms with Crippen LogP contribution in [0, 0.1) is 17.5 Å². The summed E-state index contributed by atoms with van der Waals surface area (Å²) < 4.78 is 50.1. The molecule has 0 atom stereocenters. The van der Waals surface area contributed by atoms with Gasteiger partial charge in [0.25, 0.3) is 5.91 Å². The molecule has 0 saturated carbocycles. The normalized spacial score (nSPS) is 10.2. The molecule has 29 heavy (non-hydrogen) atoms. The van der Waals surface area contributed by atoms with Crippen molar-refractivity contribution in [2.75, 3.05) is 25.6 Å². The van der Waals surface area contributed by atoms with E-state index in [1.165, 1.54) is 7.11 Å². The Kier molecular flexibility index (Phi) is 7.64. The summed E-state index contributed by atoms with van der Waals surface area (Å²) >= 11 is 0. The van der Waals surface area contributed by atoms with E-state index in [1.54, 1.807) is 24.3 Å². The Morgan fingerprint density at radius 1 is 1.07 bits per heavy atom. The monoisotopic (exact) mass is 408 g/mol. The summed E-state index contributed by atoms with van der Waals surface area (Å²) in [5.41, 5.74) is 0.415. The lowest BCUT2D eigenvalue weighted by Crippen LogP contribution is -2.36. The van der Waals surface area contributed by atoms with E-state index >= 15 is 0 Å². The largest absolute Gasteiger partial charge is 0.493 e. The highest BCUT2D eigenvalue weighted by atomic mass is 19.2. The summed E-state index contributed by atoms with van der Waals surface area (Å²) in [7, 11) is 1.46. The van der Waals surface area contributed by atoms with Crippen molar-refractivity contribution in [3.8, 4) is 11.5 Å². The lowest BCUT2D eigenvalue weighted by Gasteiger charge is -2.12. The second-order valence-electron chi connectivity index (χ2n) is 5.81. The maximum atomic E-state index is 13.5. The van der Waals surface area contributed by atoms with Crippen LogP contribution in [0.25, 0.3) is 0 Å². The number of hydrogen-bond donors (Lipinski definition) is 2. The molecule has 154 valence electrons. The molecule has 0 radical (unpaired) electrons. The summed E-state index contributed by atoms with van der Waals surface area (Å²) in [6.45, 7) is 2.74. The van der Waals surface area contributed by atoms with Gasteiger partial charge in [-0.2, -0.15) is 0 Å². The number of methoxy groups -OCH3 is 1. The van der Waals surface area contributed by atoms with E-state index in [0.29, 0.717) is 24.0 Å². The van der Waals surface area contributed by atoms with Gasteiger partial charge in [0.05, 0.1) is 19.3 Å². The van der Waals surface area contributed by atoms with Gasteiger partial charge in [0.2, 0.25) is 5.91 Å². The minimum absolute atomic E-state index is 0.337. The number of ether oxygens (including phenoxy) is 2. The zero-order valence-corrected chi connectivity index (χ0v) is 15.6. The summed E-state index contributed by atoms with van der Waals surface area (Å²) in [6.07, 6.45) is 2.38. The van der Waals surface area contributed by atoms with Crippen LogP contribution < -0.4 is 20.1 Å². The fourth-order valence-corrected chi connectivity index (χ4v) is 2.31. The van der Waals surface area contributed by atoms with Crippen molar-refractivity contribution in [2.45, 2.75) is 6.42 Å². The average molecular weight is 408 g/mol. The minimum Gasteiger partial charge on any atom is -0.493 e. The van der Waals surface area contributed by atoms with Gasteiger partial charge in [0.1, 0.15) is 0 Å². The van der Waals surface area contributed by atoms with E-state index in [9.17, 15) is 22.8 Å². The van der Waals surface area contributed by atoms with Crippen molar-refractivity contribution in [1.29, 1.82) is 0 Å². The van der Waals surface area contributed by atoms with Crippen LogP contribution in [0.2, 0.25) is 0 Å². The second-order valence-corrected chi connectivity index (χ2v) is 5.81. The van der Waals surface area contributed by atoms with Gasteiger partial charge in [-0.25, -0.2) is 13.2 Å². The molecule has 0 bridgehead atoms. The molecule has 0 aliphatic rings. The Bertz CT molecular complexity index is 919. The molecule has 6 nitrogen and oxygen atoms in total. The predicted molar refractivity (Wildman–Crippen MR) is 100 cm³/mol. The van der Waals surface area contributed by atoms with Gasteiger partial charge >= 0.3 is 0 Å². The number of carbonyl (C=O) groups is 2. The van der Waals surface area contributed by atoms with Crippen LogP contribution in [0.3, 0.4) is 0 Å². The molecule has 0 aromatic heterocycles. The van der Waals surface area contributed by atoms with Crippen LogP contribution in [-0.2, 0) is 16.0 Å². The summed E-state index contributed by atoms with van der Waals surface area (Å²) in [6, 6.07) is 6.73. The van der Waals surface area contributed by atoms with E-state index in [1.807, 2.05) is 5.32 Å². The van der Waals surface area contributed by atoms with Gasteiger partial charge in [0, 0.05) is 0 Å². The van der Waals surface area contributed by atoms with E-state index in [4.69, 9.17) is 9.47 Å². The molecule has 0 fully saturated rings. The molecule has 2 amide bonds. The zero-order chi connectivity index (χ0) is 21.4. The van der Waals surface area contributed by atoms with E-state index < -0.39 is 48.1 Å². The summed E-state index contributed by atoms with van der Waals surface area (Å²) in [5.74, 6) is -5.28. The molecule has 0 saturated heterocycles. The number of hydrogen-bond acceptors (Lipinski definition) is 4. The third-order valence-corrected chi connectivity index (χ3v) is 3.72. The first-order chi connectivity index (χ1) is 13.8. The molecule has 0 aliphatic carbocycles. The smallest absolute Gasteiger partial charge is 0.258 e. The highest BCUT2D eigenvalue weighted by molar-refractivity contribution is 5.94. The summed E-state index contributed by atoms with van der Waals surface area (Å²) in [5, 5.41) is 4.31. The maximum Gasteiger partial charge on any atom is 0.258 e. The second kappa shape index (κ2) is 10.2. The molecule has 0 unspecified atom stereocenters. The number of amides is 2. The van der Waals surface area contributed by atoms with Crippen LogP contribution in [0.15, 0.2) is 43.0 Å². The fraction of sp³-hybridized carbons (Fsp3) is 0.200. The minimum atomic E-state index is -1.70. The van der Waals surface area contributed by atoms with Gasteiger partial charge < -0.3 is 20.1 Å². The predicted octanol–water partition coefficient (Wildman–Crippen LogP) is 2.97. The topological polar surface area (TPSA) is 76.7 Å². The van der Waals surface area contributed by atoms with Crippen molar-refractivity contribution in [3.05, 3.63) is 66.0 Å². The van der Waals surface area contributed by atoms with Crippen LogP contribution in [0.5, 0.6) is 11.5 Å². The van der Waals surface area contributed by atoms with Crippen molar-refractivity contribution in [3.63, 3.8) is 0 Å². The Morgan fingerprint density at radius 2 is 1.83 bits per heavy atom. The number of anilines is 1. The third kappa shape index (κ3) is 6.00. The van der Waals surface area contributed by atoms with Gasteiger partial charge in [-0.15, -0.1) is 6.58 Å².